The number of amides is 2. The summed E-state index contributed by atoms with van der Waals surface area (Å²) in [7, 11) is 0. The number of rotatable bonds is 9. The molecule has 1 atom stereocenters. The number of allylic oxidation sites excluding steroid dienone is 1. The molecular weight excluding hydrogens is 476 g/mol. The molecule has 2 aliphatic heterocycles. The molecule has 12 nitrogen and oxygen atoms in total. The number of anilines is 3. The van der Waals surface area contributed by atoms with Crippen LogP contribution in [0.25, 0.3) is 0 Å². The number of hydrogen-bond donors (Lipinski definition) is 4. The number of fused-ring (bicyclic) bond motifs is 1. The number of nitrogens with two attached hydrogens (primary N) is 1. The Morgan fingerprint density at radius 2 is 2.08 bits per heavy atom. The second kappa shape index (κ2) is 11.8. The summed E-state index contributed by atoms with van der Waals surface area (Å²) in [6, 6.07) is 5.26. The first-order valence-corrected chi connectivity index (χ1v) is 11.7. The molecule has 12 heteroatoms. The predicted molar refractivity (Wildman–Crippen MR) is 140 cm³/mol. The lowest BCUT2D eigenvalue weighted by atomic mass is 9.99. The predicted octanol–water partition coefficient (Wildman–Crippen LogP) is 2.49. The normalized spacial score (nSPS) is 17.2. The molecule has 2 aliphatic rings. The molecule has 192 valence electrons. The summed E-state index contributed by atoms with van der Waals surface area (Å²) in [6.07, 6.45) is 8.73. The fraction of sp³-hybridized carbons (Fsp3) is 0.280. The van der Waals surface area contributed by atoms with Crippen LogP contribution < -0.4 is 25.8 Å². The number of carbonyl (C=O) groups excluding carboxylic acids is 2. The van der Waals surface area contributed by atoms with Gasteiger partial charge in [-0.25, -0.2) is 4.98 Å². The van der Waals surface area contributed by atoms with Crippen molar-refractivity contribution in [2.75, 3.05) is 36.9 Å². The quantitative estimate of drug-likeness (QED) is 0.298. The molecule has 5 N–H and O–H groups in total. The Kier molecular flexibility index (Phi) is 8.08. The number of likely N-dealkylation sites (tertiary alicyclic amines) is 1. The molecule has 0 aliphatic carbocycles. The van der Waals surface area contributed by atoms with Crippen molar-refractivity contribution in [2.45, 2.75) is 12.8 Å². The molecule has 1 fully saturated rings. The fourth-order valence-corrected chi connectivity index (χ4v) is 3.92. The van der Waals surface area contributed by atoms with Crippen LogP contribution in [0, 0.1) is 11.3 Å². The van der Waals surface area contributed by atoms with E-state index in [2.05, 4.69) is 32.2 Å². The zero-order chi connectivity index (χ0) is 26.2. The first-order chi connectivity index (χ1) is 18.0. The zero-order valence-electron chi connectivity index (χ0n) is 20.1. The van der Waals surface area contributed by atoms with E-state index in [0.717, 1.165) is 19.1 Å². The van der Waals surface area contributed by atoms with Crippen molar-refractivity contribution in [3.63, 3.8) is 0 Å². The molecule has 4 rings (SSSR count). The summed E-state index contributed by atoms with van der Waals surface area (Å²) in [5, 5.41) is 13.7. The molecule has 0 radical (unpaired) electrons. The average molecular weight is 505 g/mol. The van der Waals surface area contributed by atoms with E-state index in [1.54, 1.807) is 29.3 Å². The van der Waals surface area contributed by atoms with E-state index in [0.29, 0.717) is 49.2 Å². The van der Waals surface area contributed by atoms with Crippen LogP contribution in [0.5, 0.6) is 11.5 Å². The van der Waals surface area contributed by atoms with Crippen LogP contribution in [0.3, 0.4) is 0 Å². The van der Waals surface area contributed by atoms with Crippen molar-refractivity contribution >= 4 is 41.7 Å². The van der Waals surface area contributed by atoms with E-state index in [1.165, 1.54) is 18.5 Å². The van der Waals surface area contributed by atoms with Gasteiger partial charge in [0.1, 0.15) is 24.6 Å². The maximum Gasteiger partial charge on any atom is 0.254 e. The molecule has 1 unspecified atom stereocenters. The first-order valence-electron chi connectivity index (χ1n) is 11.7. The van der Waals surface area contributed by atoms with Crippen LogP contribution in [-0.4, -0.2) is 65.4 Å². The van der Waals surface area contributed by atoms with Crippen molar-refractivity contribution < 1.29 is 19.1 Å². The van der Waals surface area contributed by atoms with Gasteiger partial charge in [-0.2, -0.15) is 4.98 Å². The third kappa shape index (κ3) is 6.48. The molecule has 1 aromatic heterocycles. The van der Waals surface area contributed by atoms with E-state index < -0.39 is 5.91 Å². The largest absolute Gasteiger partial charge is 0.486 e. The molecular formula is C25H28N8O4. The van der Waals surface area contributed by atoms with Crippen LogP contribution >= 0.6 is 0 Å². The Labute approximate surface area is 213 Å². The number of hydrogen-bond acceptors (Lipinski definition) is 10. The minimum atomic E-state index is -0.699. The van der Waals surface area contributed by atoms with Gasteiger partial charge in [-0.1, -0.05) is 6.58 Å². The summed E-state index contributed by atoms with van der Waals surface area (Å²) in [4.78, 5) is 38.4. The third-order valence-corrected chi connectivity index (χ3v) is 5.73. The number of nitrogens with zero attached hydrogens (tertiary/aromatic N) is 4. The maximum atomic E-state index is 12.0. The Morgan fingerprint density at radius 1 is 1.27 bits per heavy atom. The molecule has 0 spiro atoms. The summed E-state index contributed by atoms with van der Waals surface area (Å²) in [5.74, 6) is 0.841. The van der Waals surface area contributed by atoms with Gasteiger partial charge < -0.3 is 36.2 Å². The third-order valence-electron chi connectivity index (χ3n) is 5.73. The van der Waals surface area contributed by atoms with Gasteiger partial charge in [0.05, 0.1) is 11.9 Å². The zero-order valence-corrected chi connectivity index (χ0v) is 20.1. The monoisotopic (exact) mass is 504 g/mol. The molecule has 3 heterocycles. The molecule has 2 amide bonds. The topological polar surface area (TPSA) is 168 Å². The summed E-state index contributed by atoms with van der Waals surface area (Å²) in [5.41, 5.74) is 6.54. The molecule has 1 aromatic carbocycles. The van der Waals surface area contributed by atoms with E-state index in [4.69, 9.17) is 20.6 Å². The van der Waals surface area contributed by atoms with Crippen molar-refractivity contribution in [3.05, 3.63) is 54.5 Å². The van der Waals surface area contributed by atoms with Gasteiger partial charge in [0.25, 0.3) is 5.91 Å². The highest BCUT2D eigenvalue weighted by atomic mass is 16.6. The Bertz CT molecular complexity index is 1260. The van der Waals surface area contributed by atoms with E-state index in [9.17, 15) is 9.59 Å². The smallest absolute Gasteiger partial charge is 0.254 e. The van der Waals surface area contributed by atoms with Crippen LogP contribution in [0.15, 0.2) is 53.9 Å². The van der Waals surface area contributed by atoms with Crippen molar-refractivity contribution in [2.24, 2.45) is 16.6 Å². The number of ether oxygens (including phenoxy) is 2. The Hall–Kier alpha value is -4.74. The summed E-state index contributed by atoms with van der Waals surface area (Å²) < 4.78 is 11.1. The van der Waals surface area contributed by atoms with E-state index >= 15 is 0 Å². The number of primary amides is 1. The lowest BCUT2D eigenvalue weighted by molar-refractivity contribution is -0.127. The van der Waals surface area contributed by atoms with Gasteiger partial charge >= 0.3 is 0 Å². The van der Waals surface area contributed by atoms with Crippen molar-refractivity contribution in [3.8, 4) is 11.5 Å². The molecule has 1 saturated heterocycles. The lowest BCUT2D eigenvalue weighted by Crippen LogP contribution is -2.39. The highest BCUT2D eigenvalue weighted by molar-refractivity contribution is 5.98. The van der Waals surface area contributed by atoms with Crippen molar-refractivity contribution in [1.82, 2.24) is 14.9 Å². The average Bonchev–Trinajstić information content (AvgIpc) is 2.92. The molecule has 0 bridgehead atoms. The van der Waals surface area contributed by atoms with Gasteiger partial charge in [-0.15, -0.1) is 0 Å². The van der Waals surface area contributed by atoms with Gasteiger partial charge in [-0.3, -0.25) is 14.6 Å². The van der Waals surface area contributed by atoms with E-state index in [-0.39, 0.29) is 29.2 Å². The number of benzene rings is 1. The lowest BCUT2D eigenvalue weighted by Gasteiger charge is -2.30. The summed E-state index contributed by atoms with van der Waals surface area (Å²) in [6.45, 7) is 5.74. The number of aliphatic imine (C=N–C) groups is 1. The SMILES string of the molecule is C=CC(=O)N1CCCC(/C=N/C=C(\C=N)Nc2ncc(C(N)=O)c(Nc3ccc4c(c3)OCCO4)n2)C1. The van der Waals surface area contributed by atoms with E-state index in [1.807, 2.05) is 0 Å². The Balaban J connectivity index is 1.47. The maximum absolute atomic E-state index is 12.0. The minimum absolute atomic E-state index is 0.0901. The van der Waals surface area contributed by atoms with Crippen LogP contribution in [0.2, 0.25) is 0 Å². The second-order valence-corrected chi connectivity index (χ2v) is 8.35. The number of aromatic nitrogens is 2. The van der Waals surface area contributed by atoms with Gasteiger partial charge in [0, 0.05) is 49.4 Å². The highest BCUT2D eigenvalue weighted by Crippen LogP contribution is 2.33. The molecule has 0 saturated carbocycles. The number of carbonyl (C=O) groups is 2. The summed E-state index contributed by atoms with van der Waals surface area (Å²) >= 11 is 0. The molecule has 2 aromatic rings. The number of piperidine rings is 1. The van der Waals surface area contributed by atoms with Crippen molar-refractivity contribution in [1.29, 1.82) is 5.41 Å². The van der Waals surface area contributed by atoms with Crippen LogP contribution in [0.4, 0.5) is 17.5 Å². The minimum Gasteiger partial charge on any atom is -0.486 e. The van der Waals surface area contributed by atoms with Crippen LogP contribution in [0.1, 0.15) is 23.2 Å². The highest BCUT2D eigenvalue weighted by Gasteiger charge is 2.21. The number of nitrogens with one attached hydrogen (secondary N) is 3. The van der Waals surface area contributed by atoms with Gasteiger partial charge in [0.2, 0.25) is 11.9 Å². The molecule has 37 heavy (non-hydrogen) atoms. The van der Waals surface area contributed by atoms with Gasteiger partial charge in [-0.05, 0) is 31.1 Å². The fourth-order valence-electron chi connectivity index (χ4n) is 3.92. The first kappa shape index (κ1) is 25.4. The standard InChI is InChI=1S/C25H28N8O4/c1-2-22(34)33-7-3-4-16(15-33)12-28-13-18(11-26)31-25-29-14-19(23(27)35)24(32-25)30-17-5-6-20-21(10-17)37-9-8-36-20/h2,5-6,10-14,16,26H,1,3-4,7-9,15H2,(H2,27,35)(H2,29,30,31,32)/b18-13+,26-11?,28-12+. The van der Waals surface area contributed by atoms with Gasteiger partial charge in [0.15, 0.2) is 11.5 Å². The second-order valence-electron chi connectivity index (χ2n) is 8.35. The Morgan fingerprint density at radius 3 is 2.84 bits per heavy atom. The van der Waals surface area contributed by atoms with Crippen LogP contribution in [-0.2, 0) is 4.79 Å².